The van der Waals surface area contributed by atoms with Gasteiger partial charge >= 0.3 is 0 Å². The number of nitrogens with one attached hydrogen (secondary N) is 1. The summed E-state index contributed by atoms with van der Waals surface area (Å²) >= 11 is 5.19. The number of ether oxygens (including phenoxy) is 1. The molecule has 0 unspecified atom stereocenters. The third-order valence-electron chi connectivity index (χ3n) is 2.24. The van der Waals surface area contributed by atoms with Crippen molar-refractivity contribution in [2.24, 2.45) is 0 Å². The summed E-state index contributed by atoms with van der Waals surface area (Å²) in [7, 11) is 0. The van der Waals surface area contributed by atoms with E-state index in [1.54, 1.807) is 11.3 Å². The van der Waals surface area contributed by atoms with Gasteiger partial charge in [-0.3, -0.25) is 0 Å². The van der Waals surface area contributed by atoms with Gasteiger partial charge in [-0.05, 0) is 52.3 Å². The van der Waals surface area contributed by atoms with Crippen molar-refractivity contribution < 1.29 is 4.74 Å². The van der Waals surface area contributed by atoms with E-state index in [4.69, 9.17) is 4.74 Å². The predicted molar refractivity (Wildman–Crippen MR) is 74.1 cm³/mol. The monoisotopic (exact) mass is 305 g/mol. The molecule has 4 heteroatoms. The molecule has 1 N–H and O–H groups in total. The quantitative estimate of drug-likeness (QED) is 0.701. The SMILES string of the molecule is CCCCOCCCNCc1csc(Br)c1. The van der Waals surface area contributed by atoms with Gasteiger partial charge in [-0.2, -0.15) is 0 Å². The third-order valence-corrected chi connectivity index (χ3v) is 3.79. The van der Waals surface area contributed by atoms with Crippen molar-refractivity contribution in [1.82, 2.24) is 5.32 Å². The lowest BCUT2D eigenvalue weighted by Gasteiger charge is -2.04. The smallest absolute Gasteiger partial charge is 0.0701 e. The molecule has 0 aromatic carbocycles. The van der Waals surface area contributed by atoms with Gasteiger partial charge in [0.2, 0.25) is 0 Å². The molecule has 2 nitrogen and oxygen atoms in total. The van der Waals surface area contributed by atoms with Crippen LogP contribution < -0.4 is 5.32 Å². The van der Waals surface area contributed by atoms with Gasteiger partial charge in [0.1, 0.15) is 0 Å². The fourth-order valence-electron chi connectivity index (χ4n) is 1.32. The first kappa shape index (κ1) is 14.2. The zero-order valence-corrected chi connectivity index (χ0v) is 12.2. The Bertz CT molecular complexity index is 278. The second-order valence-corrected chi connectivity index (χ2v) is 6.05. The largest absolute Gasteiger partial charge is 0.381 e. The summed E-state index contributed by atoms with van der Waals surface area (Å²) in [6, 6.07) is 2.16. The highest BCUT2D eigenvalue weighted by Crippen LogP contribution is 2.20. The molecule has 0 atom stereocenters. The number of halogens is 1. The zero-order valence-electron chi connectivity index (χ0n) is 9.80. The standard InChI is InChI=1S/C12H20BrNOS/c1-2-3-6-15-7-4-5-14-9-11-8-12(13)16-10-11/h8,10,14H,2-7,9H2,1H3. The van der Waals surface area contributed by atoms with Crippen molar-refractivity contribution in [1.29, 1.82) is 0 Å². The summed E-state index contributed by atoms with van der Waals surface area (Å²) in [5, 5.41) is 5.59. The first-order chi connectivity index (χ1) is 7.83. The van der Waals surface area contributed by atoms with Crippen LogP contribution in [0.4, 0.5) is 0 Å². The molecule has 16 heavy (non-hydrogen) atoms. The molecule has 0 aliphatic heterocycles. The highest BCUT2D eigenvalue weighted by molar-refractivity contribution is 9.11. The number of hydrogen-bond donors (Lipinski definition) is 1. The summed E-state index contributed by atoms with van der Waals surface area (Å²) in [5.41, 5.74) is 1.35. The van der Waals surface area contributed by atoms with Gasteiger partial charge in [-0.15, -0.1) is 11.3 Å². The van der Waals surface area contributed by atoms with Crippen molar-refractivity contribution >= 4 is 27.3 Å². The minimum absolute atomic E-state index is 0.875. The van der Waals surface area contributed by atoms with E-state index in [1.165, 1.54) is 22.2 Å². The highest BCUT2D eigenvalue weighted by Gasteiger charge is 1.96. The topological polar surface area (TPSA) is 21.3 Å². The van der Waals surface area contributed by atoms with Crippen LogP contribution in [0.5, 0.6) is 0 Å². The van der Waals surface area contributed by atoms with Crippen LogP contribution in [0.25, 0.3) is 0 Å². The Morgan fingerprint density at radius 1 is 1.38 bits per heavy atom. The first-order valence-corrected chi connectivity index (χ1v) is 7.51. The van der Waals surface area contributed by atoms with Crippen molar-refractivity contribution in [2.75, 3.05) is 19.8 Å². The Morgan fingerprint density at radius 2 is 2.19 bits per heavy atom. The van der Waals surface area contributed by atoms with E-state index in [2.05, 4.69) is 39.6 Å². The molecule has 0 radical (unpaired) electrons. The first-order valence-electron chi connectivity index (χ1n) is 5.84. The van der Waals surface area contributed by atoms with E-state index in [0.717, 1.165) is 32.7 Å². The number of unbranched alkanes of at least 4 members (excludes halogenated alkanes) is 1. The minimum Gasteiger partial charge on any atom is -0.381 e. The average molecular weight is 306 g/mol. The fourth-order valence-corrected chi connectivity index (χ4v) is 2.53. The zero-order chi connectivity index (χ0) is 11.6. The predicted octanol–water partition coefficient (Wildman–Crippen LogP) is 3.81. The maximum Gasteiger partial charge on any atom is 0.0701 e. The second-order valence-electron chi connectivity index (χ2n) is 3.76. The van der Waals surface area contributed by atoms with Crippen LogP contribution in [0.1, 0.15) is 31.7 Å². The summed E-state index contributed by atoms with van der Waals surface area (Å²) in [6.45, 7) is 5.95. The van der Waals surface area contributed by atoms with E-state index in [9.17, 15) is 0 Å². The average Bonchev–Trinajstić information content (AvgIpc) is 2.68. The molecular weight excluding hydrogens is 286 g/mol. The molecular formula is C12H20BrNOS. The lowest BCUT2D eigenvalue weighted by molar-refractivity contribution is 0.129. The molecule has 0 bridgehead atoms. The van der Waals surface area contributed by atoms with Crippen LogP contribution in [-0.4, -0.2) is 19.8 Å². The molecule has 0 aliphatic carbocycles. The van der Waals surface area contributed by atoms with Crippen LogP contribution >= 0.6 is 27.3 Å². The lowest BCUT2D eigenvalue weighted by atomic mass is 10.3. The van der Waals surface area contributed by atoms with Crippen LogP contribution in [0.2, 0.25) is 0 Å². The third kappa shape index (κ3) is 6.63. The Hall–Kier alpha value is 0.100. The van der Waals surface area contributed by atoms with Crippen LogP contribution in [0, 0.1) is 0 Å². The maximum absolute atomic E-state index is 5.48. The van der Waals surface area contributed by atoms with Crippen molar-refractivity contribution in [3.8, 4) is 0 Å². The van der Waals surface area contributed by atoms with Gasteiger partial charge in [-0.25, -0.2) is 0 Å². The van der Waals surface area contributed by atoms with Crippen molar-refractivity contribution in [3.63, 3.8) is 0 Å². The normalized spacial score (nSPS) is 10.9. The van der Waals surface area contributed by atoms with E-state index in [1.807, 2.05) is 0 Å². The van der Waals surface area contributed by atoms with Gasteiger partial charge in [0.15, 0.2) is 0 Å². The fraction of sp³-hybridized carbons (Fsp3) is 0.667. The lowest BCUT2D eigenvalue weighted by Crippen LogP contribution is -2.16. The van der Waals surface area contributed by atoms with Crippen LogP contribution in [-0.2, 0) is 11.3 Å². The Labute approximate surface area is 111 Å². The molecule has 1 heterocycles. The van der Waals surface area contributed by atoms with Crippen LogP contribution in [0.15, 0.2) is 15.2 Å². The summed E-state index contributed by atoms with van der Waals surface area (Å²) < 4.78 is 6.69. The van der Waals surface area contributed by atoms with Gasteiger partial charge in [-0.1, -0.05) is 13.3 Å². The van der Waals surface area contributed by atoms with E-state index in [0.29, 0.717) is 0 Å². The molecule has 92 valence electrons. The second kappa shape index (κ2) is 9.16. The number of thiophene rings is 1. The highest BCUT2D eigenvalue weighted by atomic mass is 79.9. The Morgan fingerprint density at radius 3 is 2.88 bits per heavy atom. The van der Waals surface area contributed by atoms with E-state index < -0.39 is 0 Å². The summed E-state index contributed by atoms with van der Waals surface area (Å²) in [4.78, 5) is 0. The van der Waals surface area contributed by atoms with E-state index >= 15 is 0 Å². The molecule has 0 saturated carbocycles. The molecule has 1 aromatic heterocycles. The van der Waals surface area contributed by atoms with E-state index in [-0.39, 0.29) is 0 Å². The number of hydrogen-bond acceptors (Lipinski definition) is 3. The van der Waals surface area contributed by atoms with Crippen molar-refractivity contribution in [3.05, 3.63) is 20.8 Å². The maximum atomic E-state index is 5.48. The Kier molecular flexibility index (Phi) is 8.11. The summed E-state index contributed by atoms with van der Waals surface area (Å²) in [6.07, 6.45) is 3.48. The van der Waals surface area contributed by atoms with Gasteiger partial charge in [0.05, 0.1) is 3.79 Å². The summed E-state index contributed by atoms with van der Waals surface area (Å²) in [5.74, 6) is 0. The molecule has 0 fully saturated rings. The molecule has 0 spiro atoms. The van der Waals surface area contributed by atoms with Crippen molar-refractivity contribution in [2.45, 2.75) is 32.7 Å². The number of rotatable bonds is 9. The molecule has 0 aliphatic rings. The Balaban J connectivity index is 1.88. The van der Waals surface area contributed by atoms with Gasteiger partial charge in [0.25, 0.3) is 0 Å². The molecule has 1 aromatic rings. The van der Waals surface area contributed by atoms with Gasteiger partial charge < -0.3 is 10.1 Å². The van der Waals surface area contributed by atoms with Gasteiger partial charge in [0, 0.05) is 19.8 Å². The minimum atomic E-state index is 0.875. The molecule has 0 amide bonds. The van der Waals surface area contributed by atoms with Crippen LogP contribution in [0.3, 0.4) is 0 Å². The molecule has 0 saturated heterocycles. The molecule has 1 rings (SSSR count).